The van der Waals surface area contributed by atoms with Crippen LogP contribution >= 0.6 is 11.6 Å². The van der Waals surface area contributed by atoms with Crippen molar-refractivity contribution in [2.45, 2.75) is 13.5 Å². The van der Waals surface area contributed by atoms with Gasteiger partial charge in [-0.25, -0.2) is 9.69 Å². The molecule has 2 N–H and O–H groups in total. The molecule has 0 unspecified atom stereocenters. The van der Waals surface area contributed by atoms with Crippen LogP contribution in [0, 0.1) is 6.92 Å². The summed E-state index contributed by atoms with van der Waals surface area (Å²) in [7, 11) is 1.46. The molecule has 1 aliphatic rings. The van der Waals surface area contributed by atoms with E-state index in [-0.39, 0.29) is 17.3 Å². The minimum atomic E-state index is -1.29. The Kier molecular flexibility index (Phi) is 6.27. The molecule has 9 heteroatoms. The quantitative estimate of drug-likeness (QED) is 0.516. The van der Waals surface area contributed by atoms with E-state index in [4.69, 9.17) is 26.2 Å². The second-order valence-electron chi connectivity index (χ2n) is 6.58. The molecule has 1 saturated heterocycles. The normalized spacial score (nSPS) is 14.8. The van der Waals surface area contributed by atoms with Crippen molar-refractivity contribution in [3.63, 3.8) is 0 Å². The number of rotatable bonds is 7. The van der Waals surface area contributed by atoms with Crippen LogP contribution in [0.25, 0.3) is 6.08 Å². The Morgan fingerprint density at radius 3 is 2.57 bits per heavy atom. The van der Waals surface area contributed by atoms with Crippen molar-refractivity contribution in [1.29, 1.82) is 0 Å². The molecule has 0 aromatic heterocycles. The Morgan fingerprint density at radius 2 is 1.93 bits per heavy atom. The fourth-order valence-corrected chi connectivity index (χ4v) is 3.09. The summed E-state index contributed by atoms with van der Waals surface area (Å²) in [6.45, 7) is 1.56. The topological polar surface area (TPSA) is 105 Å². The Labute approximate surface area is 177 Å². The second kappa shape index (κ2) is 8.87. The van der Waals surface area contributed by atoms with Crippen LogP contribution in [0.15, 0.2) is 42.1 Å². The van der Waals surface area contributed by atoms with Crippen molar-refractivity contribution in [1.82, 2.24) is 10.2 Å². The van der Waals surface area contributed by atoms with Gasteiger partial charge in [-0.05, 0) is 36.3 Å². The zero-order chi connectivity index (χ0) is 21.8. The Bertz CT molecular complexity index is 1030. The van der Waals surface area contributed by atoms with Crippen LogP contribution in [-0.2, 0) is 16.2 Å². The third-order valence-electron chi connectivity index (χ3n) is 4.32. The summed E-state index contributed by atoms with van der Waals surface area (Å²) in [5.74, 6) is -1.34. The molecule has 0 saturated carbocycles. The number of carboxylic acids is 1. The summed E-state index contributed by atoms with van der Waals surface area (Å²) < 4.78 is 11.2. The highest BCUT2D eigenvalue weighted by atomic mass is 35.5. The maximum absolute atomic E-state index is 12.3. The molecule has 30 heavy (non-hydrogen) atoms. The second-order valence-corrected chi connectivity index (χ2v) is 6.99. The maximum atomic E-state index is 12.3. The van der Waals surface area contributed by atoms with Gasteiger partial charge >= 0.3 is 12.0 Å². The molecule has 0 radical (unpaired) electrons. The number of amides is 3. The third kappa shape index (κ3) is 4.72. The Balaban J connectivity index is 1.82. The number of hydrogen-bond donors (Lipinski definition) is 2. The summed E-state index contributed by atoms with van der Waals surface area (Å²) in [6, 6.07) is 10.2. The van der Waals surface area contributed by atoms with Crippen molar-refractivity contribution >= 4 is 35.6 Å². The number of benzene rings is 2. The number of carboxylic acid groups (broad SMARTS) is 1. The van der Waals surface area contributed by atoms with Gasteiger partial charge in [-0.3, -0.25) is 9.59 Å². The highest BCUT2D eigenvalue weighted by Crippen LogP contribution is 2.37. The van der Waals surface area contributed by atoms with Crippen molar-refractivity contribution in [3.05, 3.63) is 63.8 Å². The van der Waals surface area contributed by atoms with E-state index < -0.39 is 24.5 Å². The van der Waals surface area contributed by atoms with Crippen LogP contribution in [0.3, 0.4) is 0 Å². The van der Waals surface area contributed by atoms with Crippen molar-refractivity contribution in [2.24, 2.45) is 0 Å². The van der Waals surface area contributed by atoms with Crippen LogP contribution in [0.1, 0.15) is 16.7 Å². The monoisotopic (exact) mass is 430 g/mol. The predicted molar refractivity (Wildman–Crippen MR) is 109 cm³/mol. The average Bonchev–Trinajstić information content (AvgIpc) is 2.95. The lowest BCUT2D eigenvalue weighted by molar-refractivity contribution is -0.140. The number of aryl methyl sites for hydroxylation is 1. The van der Waals surface area contributed by atoms with Crippen molar-refractivity contribution in [3.8, 4) is 11.5 Å². The van der Waals surface area contributed by atoms with E-state index >= 15 is 0 Å². The van der Waals surface area contributed by atoms with Gasteiger partial charge in [0.25, 0.3) is 5.91 Å². The van der Waals surface area contributed by atoms with Gasteiger partial charge < -0.3 is 19.9 Å². The van der Waals surface area contributed by atoms with Crippen molar-refractivity contribution in [2.75, 3.05) is 13.7 Å². The first-order valence-corrected chi connectivity index (χ1v) is 9.28. The van der Waals surface area contributed by atoms with E-state index in [9.17, 15) is 14.4 Å². The number of ether oxygens (including phenoxy) is 2. The van der Waals surface area contributed by atoms with Crippen LogP contribution in [0.2, 0.25) is 5.02 Å². The fourth-order valence-electron chi connectivity index (χ4n) is 2.82. The first kappa shape index (κ1) is 21.2. The van der Waals surface area contributed by atoms with Gasteiger partial charge in [0.2, 0.25) is 0 Å². The van der Waals surface area contributed by atoms with Crippen LogP contribution in [-0.4, -0.2) is 41.6 Å². The van der Waals surface area contributed by atoms with E-state index in [0.717, 1.165) is 11.1 Å². The number of carbonyl (C=O) groups is 3. The van der Waals surface area contributed by atoms with Crippen LogP contribution in [0.4, 0.5) is 4.79 Å². The number of urea groups is 1. The molecule has 156 valence electrons. The molecule has 3 amide bonds. The minimum absolute atomic E-state index is 0.0623. The zero-order valence-corrected chi connectivity index (χ0v) is 17.0. The van der Waals surface area contributed by atoms with Crippen molar-refractivity contribution < 1.29 is 29.0 Å². The minimum Gasteiger partial charge on any atom is -0.493 e. The molecule has 8 nitrogen and oxygen atoms in total. The molecule has 1 heterocycles. The molecule has 2 aromatic rings. The molecule has 3 rings (SSSR count). The van der Waals surface area contributed by atoms with Gasteiger partial charge in [0.05, 0.1) is 12.1 Å². The summed E-state index contributed by atoms with van der Waals surface area (Å²) in [4.78, 5) is 35.5. The van der Waals surface area contributed by atoms with E-state index in [1.165, 1.54) is 13.2 Å². The molecule has 2 aromatic carbocycles. The summed E-state index contributed by atoms with van der Waals surface area (Å²) in [6.07, 6.45) is 1.39. The predicted octanol–water partition coefficient (Wildman–Crippen LogP) is 3.21. The van der Waals surface area contributed by atoms with Gasteiger partial charge in [0, 0.05) is 0 Å². The summed E-state index contributed by atoms with van der Waals surface area (Å²) in [5.41, 5.74) is 2.51. The Morgan fingerprint density at radius 1 is 1.23 bits per heavy atom. The standard InChI is InChI=1S/C21H19ClN2O6/c1-12-3-5-13(6-4-12)11-30-19-15(22)7-14(9-17(19)29-2)8-16-20(27)24(10-18(25)26)21(28)23-16/h3-9H,10-11H2,1-2H3,(H,23,28)(H,25,26)/b16-8+. The molecule has 0 spiro atoms. The van der Waals surface area contributed by atoms with Gasteiger partial charge in [-0.1, -0.05) is 41.4 Å². The van der Waals surface area contributed by atoms with E-state index in [2.05, 4.69) is 5.32 Å². The number of hydrogen-bond acceptors (Lipinski definition) is 5. The molecule has 0 aliphatic carbocycles. The van der Waals surface area contributed by atoms with E-state index in [1.807, 2.05) is 31.2 Å². The molecule has 1 aliphatic heterocycles. The fraction of sp³-hybridized carbons (Fsp3) is 0.190. The average molecular weight is 431 g/mol. The first-order chi connectivity index (χ1) is 14.3. The molecule has 0 atom stereocenters. The van der Waals surface area contributed by atoms with Crippen LogP contribution in [0.5, 0.6) is 11.5 Å². The first-order valence-electron chi connectivity index (χ1n) is 8.90. The summed E-state index contributed by atoms with van der Waals surface area (Å²) >= 11 is 6.36. The Hall–Kier alpha value is -3.52. The number of methoxy groups -OCH3 is 1. The SMILES string of the molecule is COc1cc(/C=C2/NC(=O)N(CC(=O)O)C2=O)cc(Cl)c1OCc1ccc(C)cc1. The number of nitrogens with zero attached hydrogens (tertiary/aromatic N) is 1. The highest BCUT2D eigenvalue weighted by Gasteiger charge is 2.34. The number of halogens is 1. The zero-order valence-electron chi connectivity index (χ0n) is 16.3. The number of aliphatic carboxylic acids is 1. The van der Waals surface area contributed by atoms with E-state index in [0.29, 0.717) is 22.0 Å². The van der Waals surface area contributed by atoms with Gasteiger partial charge in [-0.2, -0.15) is 0 Å². The van der Waals surface area contributed by atoms with Gasteiger partial charge in [-0.15, -0.1) is 0 Å². The lowest BCUT2D eigenvalue weighted by Gasteiger charge is -2.14. The number of nitrogens with one attached hydrogen (secondary N) is 1. The highest BCUT2D eigenvalue weighted by molar-refractivity contribution is 6.32. The number of imide groups is 1. The largest absolute Gasteiger partial charge is 0.493 e. The molecular formula is C21H19ClN2O6. The molecule has 1 fully saturated rings. The molecular weight excluding hydrogens is 412 g/mol. The van der Waals surface area contributed by atoms with E-state index in [1.54, 1.807) is 12.1 Å². The smallest absolute Gasteiger partial charge is 0.329 e. The lowest BCUT2D eigenvalue weighted by Crippen LogP contribution is -2.35. The summed E-state index contributed by atoms with van der Waals surface area (Å²) in [5, 5.41) is 11.4. The van der Waals surface area contributed by atoms with Gasteiger partial charge in [0.15, 0.2) is 11.5 Å². The van der Waals surface area contributed by atoms with Gasteiger partial charge in [0.1, 0.15) is 18.8 Å². The number of carbonyl (C=O) groups excluding carboxylic acids is 2. The third-order valence-corrected chi connectivity index (χ3v) is 4.60. The lowest BCUT2D eigenvalue weighted by atomic mass is 10.1. The van der Waals surface area contributed by atoms with Crippen LogP contribution < -0.4 is 14.8 Å². The maximum Gasteiger partial charge on any atom is 0.329 e. The molecule has 0 bridgehead atoms.